The summed E-state index contributed by atoms with van der Waals surface area (Å²) in [5.41, 5.74) is 2.79. The Morgan fingerprint density at radius 2 is 2.04 bits per heavy atom. The third kappa shape index (κ3) is 2.86. The van der Waals surface area contributed by atoms with Crippen molar-refractivity contribution in [2.75, 3.05) is 5.32 Å². The number of halogens is 1. The minimum atomic E-state index is -0.421. The van der Waals surface area contributed by atoms with E-state index >= 15 is 0 Å². The van der Waals surface area contributed by atoms with Gasteiger partial charge in [0.2, 0.25) is 0 Å². The van der Waals surface area contributed by atoms with Crippen LogP contribution in [-0.2, 0) is 0 Å². The van der Waals surface area contributed by atoms with Crippen LogP contribution in [0.2, 0.25) is 0 Å². The van der Waals surface area contributed by atoms with Gasteiger partial charge in [0.15, 0.2) is 11.6 Å². The van der Waals surface area contributed by atoms with Crippen LogP contribution >= 0.6 is 0 Å². The molecule has 2 saturated heterocycles. The van der Waals surface area contributed by atoms with Crippen molar-refractivity contribution >= 4 is 11.7 Å². The quantitative estimate of drug-likeness (QED) is 0.897. The van der Waals surface area contributed by atoms with E-state index in [1.807, 2.05) is 30.0 Å². The monoisotopic (exact) mass is 340 g/mol. The first kappa shape index (κ1) is 16.0. The molecule has 0 spiro atoms. The number of urea groups is 1. The lowest BCUT2D eigenvalue weighted by Gasteiger charge is -2.52. The highest BCUT2D eigenvalue weighted by atomic mass is 19.1. The lowest BCUT2D eigenvalue weighted by atomic mass is 9.80. The first-order valence-corrected chi connectivity index (χ1v) is 8.72. The van der Waals surface area contributed by atoms with E-state index in [4.69, 9.17) is 0 Å². The van der Waals surface area contributed by atoms with Gasteiger partial charge in [-0.05, 0) is 57.2 Å². The second-order valence-corrected chi connectivity index (χ2v) is 6.97. The van der Waals surface area contributed by atoms with E-state index in [1.54, 1.807) is 6.92 Å². The molecule has 1 aromatic carbocycles. The molecule has 0 saturated carbocycles. The fourth-order valence-electron chi connectivity index (χ4n) is 3.85. The fraction of sp³-hybridized carbons (Fsp3) is 0.421. The maximum absolute atomic E-state index is 13.4. The standard InChI is InChI=1S/C19H21FN4O/c1-11-6-7-13(8-16(11)18-21-10-17(20)12(2)22-18)23-19(25)24-14-4-3-5-15(24)9-14/h6-8,10,14-15H,3-5,9H2,1-2H3,(H,23,25). The van der Waals surface area contributed by atoms with E-state index in [2.05, 4.69) is 15.3 Å². The van der Waals surface area contributed by atoms with Crippen LogP contribution in [0, 0.1) is 19.7 Å². The van der Waals surface area contributed by atoms with Crippen molar-refractivity contribution in [2.24, 2.45) is 0 Å². The van der Waals surface area contributed by atoms with Gasteiger partial charge in [0, 0.05) is 23.3 Å². The number of anilines is 1. The number of benzene rings is 1. The van der Waals surface area contributed by atoms with Crippen molar-refractivity contribution in [3.05, 3.63) is 41.5 Å². The zero-order valence-electron chi connectivity index (χ0n) is 14.4. The van der Waals surface area contributed by atoms with Gasteiger partial charge in [-0.1, -0.05) is 6.07 Å². The van der Waals surface area contributed by atoms with Gasteiger partial charge in [0.25, 0.3) is 0 Å². The molecule has 2 fully saturated rings. The summed E-state index contributed by atoms with van der Waals surface area (Å²) in [6.45, 7) is 3.56. The first-order chi connectivity index (χ1) is 12.0. The fourth-order valence-corrected chi connectivity index (χ4v) is 3.85. The molecule has 0 aliphatic carbocycles. The predicted octanol–water partition coefficient (Wildman–Crippen LogP) is 4.06. The van der Waals surface area contributed by atoms with Crippen molar-refractivity contribution in [3.63, 3.8) is 0 Å². The molecule has 2 amide bonds. The molecule has 130 valence electrons. The number of nitrogens with one attached hydrogen (secondary N) is 1. The topological polar surface area (TPSA) is 58.1 Å². The number of nitrogens with zero attached hydrogens (tertiary/aromatic N) is 3. The summed E-state index contributed by atoms with van der Waals surface area (Å²) in [5.74, 6) is 0.0449. The first-order valence-electron chi connectivity index (χ1n) is 8.72. The minimum Gasteiger partial charge on any atom is -0.318 e. The molecule has 0 radical (unpaired) electrons. The number of rotatable bonds is 2. The van der Waals surface area contributed by atoms with Crippen LogP contribution in [-0.4, -0.2) is 33.0 Å². The van der Waals surface area contributed by atoms with Gasteiger partial charge in [-0.25, -0.2) is 19.2 Å². The molecule has 2 atom stereocenters. The van der Waals surface area contributed by atoms with Gasteiger partial charge in [0.1, 0.15) is 0 Å². The number of aryl methyl sites for hydroxylation is 2. The van der Waals surface area contributed by atoms with Crippen LogP contribution in [0.3, 0.4) is 0 Å². The lowest BCUT2D eigenvalue weighted by Crippen LogP contribution is -2.62. The van der Waals surface area contributed by atoms with E-state index in [-0.39, 0.29) is 6.03 Å². The number of aromatic nitrogens is 2. The Bertz CT molecular complexity index is 824. The number of hydrogen-bond donors (Lipinski definition) is 1. The Labute approximate surface area is 146 Å². The molecular weight excluding hydrogens is 319 g/mol. The normalized spacial score (nSPS) is 21.6. The Balaban J connectivity index is 1.57. The van der Waals surface area contributed by atoms with Crippen molar-refractivity contribution in [3.8, 4) is 11.4 Å². The van der Waals surface area contributed by atoms with Crippen molar-refractivity contribution < 1.29 is 9.18 Å². The van der Waals surface area contributed by atoms with E-state index in [0.717, 1.165) is 30.4 Å². The smallest absolute Gasteiger partial charge is 0.318 e. The average Bonchev–Trinajstić information content (AvgIpc) is 2.59. The third-order valence-electron chi connectivity index (χ3n) is 5.29. The Morgan fingerprint density at radius 3 is 2.72 bits per heavy atom. The van der Waals surface area contributed by atoms with E-state index in [1.165, 1.54) is 12.6 Å². The molecule has 3 heterocycles. The van der Waals surface area contributed by atoms with Crippen molar-refractivity contribution in [2.45, 2.75) is 51.6 Å². The summed E-state index contributed by atoms with van der Waals surface area (Å²) in [4.78, 5) is 22.9. The Hall–Kier alpha value is -2.50. The van der Waals surface area contributed by atoms with Crippen LogP contribution in [0.15, 0.2) is 24.4 Å². The van der Waals surface area contributed by atoms with Crippen molar-refractivity contribution in [1.82, 2.24) is 14.9 Å². The lowest BCUT2D eigenvalue weighted by molar-refractivity contribution is 0.0173. The summed E-state index contributed by atoms with van der Waals surface area (Å²) < 4.78 is 13.4. The molecule has 25 heavy (non-hydrogen) atoms. The average molecular weight is 340 g/mol. The summed E-state index contributed by atoms with van der Waals surface area (Å²) in [6, 6.07) is 6.41. The van der Waals surface area contributed by atoms with E-state index in [9.17, 15) is 9.18 Å². The highest BCUT2D eigenvalue weighted by Crippen LogP contribution is 2.38. The largest absolute Gasteiger partial charge is 0.322 e. The van der Waals surface area contributed by atoms with Gasteiger partial charge >= 0.3 is 6.03 Å². The summed E-state index contributed by atoms with van der Waals surface area (Å²) in [5, 5.41) is 2.99. The second-order valence-electron chi connectivity index (χ2n) is 6.97. The van der Waals surface area contributed by atoms with Crippen LogP contribution in [0.1, 0.15) is 36.9 Å². The number of hydrogen-bond acceptors (Lipinski definition) is 3. The maximum atomic E-state index is 13.4. The highest BCUT2D eigenvalue weighted by molar-refractivity contribution is 5.91. The van der Waals surface area contributed by atoms with Crippen molar-refractivity contribution in [1.29, 1.82) is 0 Å². The van der Waals surface area contributed by atoms with E-state index < -0.39 is 5.82 Å². The van der Waals surface area contributed by atoms with Gasteiger partial charge < -0.3 is 10.2 Å². The van der Waals surface area contributed by atoms with Gasteiger partial charge in [-0.2, -0.15) is 0 Å². The number of carbonyl (C=O) groups excluding carboxylic acids is 1. The van der Waals surface area contributed by atoms with Gasteiger partial charge in [-0.15, -0.1) is 0 Å². The molecule has 1 aromatic heterocycles. The third-order valence-corrected chi connectivity index (χ3v) is 5.29. The molecule has 6 heteroatoms. The molecule has 2 aliphatic rings. The number of fused-ring (bicyclic) bond motifs is 2. The molecule has 2 aromatic rings. The number of carbonyl (C=O) groups is 1. The molecule has 4 rings (SSSR count). The van der Waals surface area contributed by atoms with Crippen LogP contribution in [0.5, 0.6) is 0 Å². The zero-order valence-corrected chi connectivity index (χ0v) is 14.4. The highest BCUT2D eigenvalue weighted by Gasteiger charge is 2.44. The zero-order chi connectivity index (χ0) is 17.6. The van der Waals surface area contributed by atoms with Crippen LogP contribution in [0.25, 0.3) is 11.4 Å². The predicted molar refractivity (Wildman–Crippen MR) is 93.8 cm³/mol. The van der Waals surface area contributed by atoms with Gasteiger partial charge in [-0.3, -0.25) is 0 Å². The summed E-state index contributed by atoms with van der Waals surface area (Å²) >= 11 is 0. The molecule has 2 unspecified atom stereocenters. The second kappa shape index (κ2) is 6.10. The van der Waals surface area contributed by atoms with Crippen LogP contribution < -0.4 is 5.32 Å². The van der Waals surface area contributed by atoms with Crippen LogP contribution in [0.4, 0.5) is 14.9 Å². The molecule has 2 aliphatic heterocycles. The molecule has 5 nitrogen and oxygen atoms in total. The summed E-state index contributed by atoms with van der Waals surface area (Å²) in [6.07, 6.45) is 5.74. The minimum absolute atomic E-state index is 0.0352. The number of piperidine rings is 1. The molecular formula is C19H21FN4O. The molecule has 1 N–H and O–H groups in total. The maximum Gasteiger partial charge on any atom is 0.322 e. The van der Waals surface area contributed by atoms with E-state index in [0.29, 0.717) is 29.3 Å². The summed E-state index contributed by atoms with van der Waals surface area (Å²) in [7, 11) is 0. The Kier molecular flexibility index (Phi) is 3.90. The Morgan fingerprint density at radius 1 is 1.28 bits per heavy atom. The SMILES string of the molecule is Cc1ccc(NC(=O)N2C3CCCC2C3)cc1-c1ncc(F)c(C)n1. The van der Waals surface area contributed by atoms with Gasteiger partial charge in [0.05, 0.1) is 11.9 Å². The molecule has 2 bridgehead atoms. The number of amides is 2.